The SMILES string of the molecule is C#Cc1ccc(C(C(=O)NC2CCCCC2)N(C(=O)C(CS)NC(=O)OC(C)(C)C)C2CC2C)cc1. The van der Waals surface area contributed by atoms with Crippen molar-refractivity contribution in [1.82, 2.24) is 15.5 Å². The Bertz CT molecular complexity index is 976. The lowest BCUT2D eigenvalue weighted by molar-refractivity contribution is -0.143. The van der Waals surface area contributed by atoms with Crippen LogP contribution in [0, 0.1) is 18.3 Å². The van der Waals surface area contributed by atoms with Crippen molar-refractivity contribution in [3.05, 3.63) is 35.4 Å². The first-order valence-corrected chi connectivity index (χ1v) is 13.5. The van der Waals surface area contributed by atoms with Crippen molar-refractivity contribution < 1.29 is 19.1 Å². The van der Waals surface area contributed by atoms with Gasteiger partial charge in [-0.05, 0) is 63.6 Å². The molecule has 0 radical (unpaired) electrons. The Kier molecular flexibility index (Phi) is 9.35. The zero-order valence-corrected chi connectivity index (χ0v) is 22.6. The lowest BCUT2D eigenvalue weighted by Crippen LogP contribution is -2.55. The number of amides is 3. The fourth-order valence-corrected chi connectivity index (χ4v) is 4.96. The number of benzene rings is 1. The molecule has 196 valence electrons. The normalized spacial score (nSPS) is 21.4. The van der Waals surface area contributed by atoms with E-state index in [1.54, 1.807) is 37.8 Å². The van der Waals surface area contributed by atoms with Crippen LogP contribution in [-0.4, -0.2) is 52.3 Å². The highest BCUT2D eigenvalue weighted by atomic mass is 32.1. The summed E-state index contributed by atoms with van der Waals surface area (Å²) in [5.74, 6) is 2.35. The minimum Gasteiger partial charge on any atom is -0.444 e. The van der Waals surface area contributed by atoms with E-state index in [-0.39, 0.29) is 35.6 Å². The lowest BCUT2D eigenvalue weighted by atomic mass is 9.94. The Labute approximate surface area is 220 Å². The van der Waals surface area contributed by atoms with Crippen molar-refractivity contribution in [2.24, 2.45) is 5.92 Å². The topological polar surface area (TPSA) is 87.7 Å². The van der Waals surface area contributed by atoms with Crippen LogP contribution in [0.5, 0.6) is 0 Å². The molecule has 8 heteroatoms. The third-order valence-corrected chi connectivity index (χ3v) is 7.09. The van der Waals surface area contributed by atoms with Crippen molar-refractivity contribution in [1.29, 1.82) is 0 Å². The van der Waals surface area contributed by atoms with E-state index in [4.69, 9.17) is 11.2 Å². The molecule has 2 N–H and O–H groups in total. The highest BCUT2D eigenvalue weighted by Gasteiger charge is 2.48. The minimum absolute atomic E-state index is 0.0721. The van der Waals surface area contributed by atoms with Crippen LogP contribution in [0.15, 0.2) is 24.3 Å². The molecule has 0 heterocycles. The van der Waals surface area contributed by atoms with Gasteiger partial charge < -0.3 is 20.3 Å². The van der Waals surface area contributed by atoms with Gasteiger partial charge in [-0.3, -0.25) is 9.59 Å². The van der Waals surface area contributed by atoms with Crippen LogP contribution in [0.3, 0.4) is 0 Å². The number of nitrogens with one attached hydrogen (secondary N) is 2. The molecular weight excluding hydrogens is 474 g/mol. The van der Waals surface area contributed by atoms with E-state index in [1.165, 1.54) is 6.42 Å². The van der Waals surface area contributed by atoms with Crippen molar-refractivity contribution in [3.63, 3.8) is 0 Å². The van der Waals surface area contributed by atoms with E-state index in [1.807, 2.05) is 12.1 Å². The monoisotopic (exact) mass is 513 g/mol. The molecule has 0 bridgehead atoms. The summed E-state index contributed by atoms with van der Waals surface area (Å²) < 4.78 is 5.36. The molecule has 0 spiro atoms. The van der Waals surface area contributed by atoms with Crippen LogP contribution in [-0.2, 0) is 14.3 Å². The summed E-state index contributed by atoms with van der Waals surface area (Å²) in [7, 11) is 0. The zero-order chi connectivity index (χ0) is 26.5. The van der Waals surface area contributed by atoms with E-state index in [9.17, 15) is 14.4 Å². The number of ether oxygens (including phenoxy) is 1. The number of thiol groups is 1. The fraction of sp³-hybridized carbons (Fsp3) is 0.607. The predicted molar refractivity (Wildman–Crippen MR) is 144 cm³/mol. The van der Waals surface area contributed by atoms with Gasteiger partial charge in [0, 0.05) is 23.4 Å². The number of terminal acetylenes is 1. The average molecular weight is 514 g/mol. The Hall–Kier alpha value is -2.66. The van der Waals surface area contributed by atoms with Gasteiger partial charge in [0.1, 0.15) is 17.7 Å². The standard InChI is InChI=1S/C28H39N3O4S/c1-6-19-12-14-20(15-13-19)24(25(32)29-21-10-8-7-9-11-21)31(23-16-18(23)2)26(33)22(17-36)30-27(34)35-28(3,4)5/h1,12-15,18,21-24,36H,7-11,16-17H2,2-5H3,(H,29,32)(H,30,34). The zero-order valence-electron chi connectivity index (χ0n) is 21.8. The summed E-state index contributed by atoms with van der Waals surface area (Å²) in [6, 6.07) is 5.38. The van der Waals surface area contributed by atoms with Gasteiger partial charge in [-0.1, -0.05) is 44.2 Å². The molecule has 0 aromatic heterocycles. The smallest absolute Gasteiger partial charge is 0.408 e. The van der Waals surface area contributed by atoms with Crippen molar-refractivity contribution >= 4 is 30.5 Å². The highest BCUT2D eigenvalue weighted by molar-refractivity contribution is 7.80. The summed E-state index contributed by atoms with van der Waals surface area (Å²) >= 11 is 4.35. The van der Waals surface area contributed by atoms with Gasteiger partial charge in [0.2, 0.25) is 11.8 Å². The summed E-state index contributed by atoms with van der Waals surface area (Å²) in [6.07, 6.45) is 10.8. The third kappa shape index (κ3) is 7.42. The molecule has 2 aliphatic carbocycles. The van der Waals surface area contributed by atoms with Gasteiger partial charge in [0.15, 0.2) is 0 Å². The molecule has 1 aromatic carbocycles. The molecule has 2 aliphatic rings. The maximum Gasteiger partial charge on any atom is 0.408 e. The predicted octanol–water partition coefficient (Wildman–Crippen LogP) is 4.22. The van der Waals surface area contributed by atoms with Gasteiger partial charge in [-0.2, -0.15) is 12.6 Å². The lowest BCUT2D eigenvalue weighted by Gasteiger charge is -2.36. The van der Waals surface area contributed by atoms with Crippen LogP contribution in [0.1, 0.15) is 83.4 Å². The van der Waals surface area contributed by atoms with Crippen LogP contribution < -0.4 is 10.6 Å². The number of carbonyl (C=O) groups excluding carboxylic acids is 3. The largest absolute Gasteiger partial charge is 0.444 e. The minimum atomic E-state index is -0.939. The van der Waals surface area contributed by atoms with Crippen molar-refractivity contribution in [2.45, 2.75) is 96.0 Å². The number of rotatable bonds is 8. The van der Waals surface area contributed by atoms with Crippen molar-refractivity contribution in [2.75, 3.05) is 5.75 Å². The molecule has 3 rings (SSSR count). The van der Waals surface area contributed by atoms with E-state index < -0.39 is 23.8 Å². The molecule has 7 nitrogen and oxygen atoms in total. The van der Waals surface area contributed by atoms with Crippen molar-refractivity contribution in [3.8, 4) is 12.3 Å². The third-order valence-electron chi connectivity index (χ3n) is 6.72. The number of carbonyl (C=O) groups is 3. The van der Waals surface area contributed by atoms with Crippen LogP contribution in [0.25, 0.3) is 0 Å². The Morgan fingerprint density at radius 2 is 1.78 bits per heavy atom. The second kappa shape index (κ2) is 12.1. The first kappa shape index (κ1) is 27.9. The molecule has 0 saturated heterocycles. The second-order valence-electron chi connectivity index (χ2n) is 10.9. The van der Waals surface area contributed by atoms with Gasteiger partial charge in [-0.15, -0.1) is 6.42 Å². The quantitative estimate of drug-likeness (QED) is 0.359. The van der Waals surface area contributed by atoms with Gasteiger partial charge in [0.25, 0.3) is 0 Å². The maximum absolute atomic E-state index is 13.9. The molecule has 4 unspecified atom stereocenters. The molecule has 36 heavy (non-hydrogen) atoms. The van der Waals surface area contributed by atoms with Gasteiger partial charge >= 0.3 is 6.09 Å². The number of hydrogen-bond acceptors (Lipinski definition) is 5. The Balaban J connectivity index is 1.93. The summed E-state index contributed by atoms with van der Waals surface area (Å²) in [5.41, 5.74) is 0.674. The molecule has 2 fully saturated rings. The molecule has 3 amide bonds. The first-order valence-electron chi connectivity index (χ1n) is 12.8. The molecule has 2 saturated carbocycles. The summed E-state index contributed by atoms with van der Waals surface area (Å²) in [6.45, 7) is 7.33. The Morgan fingerprint density at radius 1 is 1.17 bits per heavy atom. The average Bonchev–Trinajstić information content (AvgIpc) is 3.55. The van der Waals surface area contributed by atoms with E-state index in [0.29, 0.717) is 11.1 Å². The van der Waals surface area contributed by atoms with Gasteiger partial charge in [-0.25, -0.2) is 4.79 Å². The molecular formula is C28H39N3O4S. The van der Waals surface area contributed by atoms with Crippen LogP contribution in [0.4, 0.5) is 4.79 Å². The number of alkyl carbamates (subject to hydrolysis) is 1. The highest BCUT2D eigenvalue weighted by Crippen LogP contribution is 2.41. The van der Waals surface area contributed by atoms with E-state index in [0.717, 1.165) is 32.1 Å². The fourth-order valence-electron chi connectivity index (χ4n) is 4.71. The summed E-state index contributed by atoms with van der Waals surface area (Å²) in [4.78, 5) is 41.8. The second-order valence-corrected chi connectivity index (χ2v) is 11.3. The Morgan fingerprint density at radius 3 is 2.28 bits per heavy atom. The van der Waals surface area contributed by atoms with Crippen LogP contribution >= 0.6 is 12.6 Å². The number of nitrogens with zero attached hydrogens (tertiary/aromatic N) is 1. The number of hydrogen-bond donors (Lipinski definition) is 3. The van der Waals surface area contributed by atoms with Gasteiger partial charge in [0.05, 0.1) is 0 Å². The van der Waals surface area contributed by atoms with Crippen LogP contribution in [0.2, 0.25) is 0 Å². The molecule has 4 atom stereocenters. The first-order chi connectivity index (χ1) is 17.0. The molecule has 1 aromatic rings. The summed E-state index contributed by atoms with van der Waals surface area (Å²) in [5, 5.41) is 5.86. The molecule has 0 aliphatic heterocycles. The van der Waals surface area contributed by atoms with E-state index in [2.05, 4.69) is 36.1 Å². The maximum atomic E-state index is 13.9. The van der Waals surface area contributed by atoms with E-state index >= 15 is 0 Å².